The second kappa shape index (κ2) is 6.55. The molecule has 0 saturated carbocycles. The highest BCUT2D eigenvalue weighted by atomic mass is 16.3. The Morgan fingerprint density at radius 2 is 2.28 bits per heavy atom. The summed E-state index contributed by atoms with van der Waals surface area (Å²) in [6.45, 7) is 5.62. The van der Waals surface area contributed by atoms with Crippen molar-refractivity contribution in [3.63, 3.8) is 0 Å². The van der Waals surface area contributed by atoms with E-state index in [1.54, 1.807) is 12.4 Å². The van der Waals surface area contributed by atoms with Crippen molar-refractivity contribution < 1.29 is 9.21 Å². The van der Waals surface area contributed by atoms with Crippen LogP contribution in [0.3, 0.4) is 0 Å². The molecule has 2 aromatic heterocycles. The summed E-state index contributed by atoms with van der Waals surface area (Å²) in [6.07, 6.45) is 5.09. The highest BCUT2D eigenvalue weighted by Gasteiger charge is 2.28. The number of fused-ring (bicyclic) bond motifs is 3. The number of carbonyl (C=O) groups excluding carboxylic acids is 1. The molecule has 6 nitrogen and oxygen atoms in total. The molecule has 1 aliphatic heterocycles. The lowest BCUT2D eigenvalue weighted by Gasteiger charge is -2.32. The lowest BCUT2D eigenvalue weighted by atomic mass is 9.97. The summed E-state index contributed by atoms with van der Waals surface area (Å²) in [4.78, 5) is 23.3. The average molecular weight is 336 g/mol. The molecule has 1 fully saturated rings. The van der Waals surface area contributed by atoms with Gasteiger partial charge in [-0.15, -0.1) is 6.58 Å². The summed E-state index contributed by atoms with van der Waals surface area (Å²) in [5, 5.41) is 3.88. The Bertz CT molecular complexity index is 933. The topological polar surface area (TPSA) is 71.3 Å². The molecule has 0 spiro atoms. The molecule has 3 aromatic rings. The van der Waals surface area contributed by atoms with E-state index < -0.39 is 0 Å². The molecule has 0 aliphatic carbocycles. The van der Waals surface area contributed by atoms with Gasteiger partial charge in [-0.25, -0.2) is 9.97 Å². The second-order valence-corrected chi connectivity index (χ2v) is 6.29. The van der Waals surface area contributed by atoms with Gasteiger partial charge in [0.25, 0.3) is 0 Å². The zero-order valence-corrected chi connectivity index (χ0v) is 13.9. The fourth-order valence-corrected chi connectivity index (χ4v) is 3.44. The number of nitrogens with zero attached hydrogens (tertiary/aromatic N) is 3. The van der Waals surface area contributed by atoms with Crippen LogP contribution in [-0.2, 0) is 4.79 Å². The van der Waals surface area contributed by atoms with Crippen molar-refractivity contribution in [2.24, 2.45) is 5.92 Å². The number of furan rings is 1. The van der Waals surface area contributed by atoms with E-state index in [1.165, 1.54) is 0 Å². The maximum Gasteiger partial charge on any atom is 0.225 e. The fraction of sp³-hybridized carbons (Fsp3) is 0.316. The smallest absolute Gasteiger partial charge is 0.225 e. The predicted molar refractivity (Wildman–Crippen MR) is 97.5 cm³/mol. The third-order valence-corrected chi connectivity index (χ3v) is 4.65. The molecule has 1 amide bonds. The molecule has 3 heterocycles. The molecule has 25 heavy (non-hydrogen) atoms. The number of amides is 1. The summed E-state index contributed by atoms with van der Waals surface area (Å²) in [5.41, 5.74) is 2.31. The van der Waals surface area contributed by atoms with Crippen LogP contribution < -0.4 is 10.2 Å². The van der Waals surface area contributed by atoms with Crippen molar-refractivity contribution in [2.75, 3.05) is 24.5 Å². The van der Waals surface area contributed by atoms with Crippen LogP contribution in [0, 0.1) is 5.92 Å². The zero-order valence-electron chi connectivity index (χ0n) is 13.9. The van der Waals surface area contributed by atoms with Crippen molar-refractivity contribution in [3.8, 4) is 0 Å². The number of benzene rings is 1. The van der Waals surface area contributed by atoms with Crippen molar-refractivity contribution in [2.45, 2.75) is 12.8 Å². The highest BCUT2D eigenvalue weighted by molar-refractivity contribution is 6.05. The minimum absolute atomic E-state index is 0.0527. The van der Waals surface area contributed by atoms with Gasteiger partial charge in [0.2, 0.25) is 5.91 Å². The van der Waals surface area contributed by atoms with E-state index in [4.69, 9.17) is 4.42 Å². The van der Waals surface area contributed by atoms with Crippen LogP contribution in [0.5, 0.6) is 0 Å². The molecule has 128 valence electrons. The largest absolute Gasteiger partial charge is 0.450 e. The van der Waals surface area contributed by atoms with Crippen molar-refractivity contribution in [3.05, 3.63) is 43.2 Å². The molecule has 1 N–H and O–H groups in total. The highest BCUT2D eigenvalue weighted by Crippen LogP contribution is 2.33. The van der Waals surface area contributed by atoms with Gasteiger partial charge in [0, 0.05) is 25.0 Å². The number of anilines is 1. The molecule has 1 unspecified atom stereocenters. The normalized spacial score (nSPS) is 17.8. The Morgan fingerprint density at radius 3 is 3.16 bits per heavy atom. The maximum absolute atomic E-state index is 12.3. The first-order valence-electron chi connectivity index (χ1n) is 8.53. The number of hydrogen-bond acceptors (Lipinski definition) is 5. The van der Waals surface area contributed by atoms with Crippen LogP contribution in [-0.4, -0.2) is 35.5 Å². The minimum Gasteiger partial charge on any atom is -0.450 e. The molecule has 1 aliphatic rings. The summed E-state index contributed by atoms with van der Waals surface area (Å²) in [6, 6.07) is 7.85. The van der Waals surface area contributed by atoms with E-state index in [0.29, 0.717) is 18.7 Å². The molecular formula is C19H20N4O2. The van der Waals surface area contributed by atoms with Gasteiger partial charge in [-0.1, -0.05) is 18.2 Å². The fourth-order valence-electron chi connectivity index (χ4n) is 3.44. The first-order chi connectivity index (χ1) is 12.3. The van der Waals surface area contributed by atoms with Crippen molar-refractivity contribution in [1.82, 2.24) is 15.3 Å². The second-order valence-electron chi connectivity index (χ2n) is 6.29. The average Bonchev–Trinajstić information content (AvgIpc) is 3.05. The van der Waals surface area contributed by atoms with E-state index in [1.807, 2.05) is 24.3 Å². The van der Waals surface area contributed by atoms with E-state index in [2.05, 4.69) is 26.8 Å². The lowest BCUT2D eigenvalue weighted by molar-refractivity contribution is -0.125. The molecule has 4 rings (SSSR count). The Labute approximate surface area is 145 Å². The number of hydrogen-bond donors (Lipinski definition) is 1. The number of carbonyl (C=O) groups is 1. The number of piperidine rings is 1. The first kappa shape index (κ1) is 15.6. The van der Waals surface area contributed by atoms with Gasteiger partial charge < -0.3 is 14.6 Å². The Hall–Kier alpha value is -2.89. The van der Waals surface area contributed by atoms with Crippen LogP contribution in [0.15, 0.2) is 47.7 Å². The number of nitrogens with one attached hydrogen (secondary N) is 1. The predicted octanol–water partition coefficient (Wildman–Crippen LogP) is 2.89. The van der Waals surface area contributed by atoms with Crippen LogP contribution >= 0.6 is 0 Å². The molecule has 6 heteroatoms. The van der Waals surface area contributed by atoms with Crippen LogP contribution in [0.4, 0.5) is 5.82 Å². The van der Waals surface area contributed by atoms with Crippen molar-refractivity contribution in [1.29, 1.82) is 0 Å². The van der Waals surface area contributed by atoms with E-state index >= 15 is 0 Å². The maximum atomic E-state index is 12.3. The third-order valence-electron chi connectivity index (χ3n) is 4.65. The van der Waals surface area contributed by atoms with Crippen molar-refractivity contribution >= 4 is 33.8 Å². The summed E-state index contributed by atoms with van der Waals surface area (Å²) >= 11 is 0. The van der Waals surface area contributed by atoms with Gasteiger partial charge in [0.05, 0.1) is 5.92 Å². The number of para-hydroxylation sites is 1. The minimum atomic E-state index is -0.0527. The molecule has 0 bridgehead atoms. The Morgan fingerprint density at radius 1 is 1.40 bits per heavy atom. The lowest BCUT2D eigenvalue weighted by Crippen LogP contribution is -2.43. The standard InChI is InChI=1S/C19H20N4O2/c1-2-9-20-19(24)13-6-5-10-23(11-13)18-17-16(21-12-22-18)14-7-3-4-8-15(14)25-17/h2-4,7-8,12-13H,1,5-6,9-11H2,(H,20,24). The van der Waals surface area contributed by atoms with Gasteiger partial charge in [-0.05, 0) is 25.0 Å². The van der Waals surface area contributed by atoms with Gasteiger partial charge in [0.15, 0.2) is 11.4 Å². The van der Waals surface area contributed by atoms with Gasteiger partial charge in [0.1, 0.15) is 17.4 Å². The molecule has 1 aromatic carbocycles. The summed E-state index contributed by atoms with van der Waals surface area (Å²) < 4.78 is 6.02. The van der Waals surface area contributed by atoms with E-state index in [-0.39, 0.29) is 11.8 Å². The number of rotatable bonds is 4. The molecule has 0 radical (unpaired) electrons. The number of aromatic nitrogens is 2. The molecule has 1 atom stereocenters. The van der Waals surface area contributed by atoms with Gasteiger partial charge >= 0.3 is 0 Å². The van der Waals surface area contributed by atoms with E-state index in [0.717, 1.165) is 41.7 Å². The summed E-state index contributed by atoms with van der Waals surface area (Å²) in [5.74, 6) is 0.782. The van der Waals surface area contributed by atoms with Gasteiger partial charge in [-0.3, -0.25) is 4.79 Å². The van der Waals surface area contributed by atoms with Crippen LogP contribution in [0.25, 0.3) is 22.1 Å². The quantitative estimate of drug-likeness (QED) is 0.742. The van der Waals surface area contributed by atoms with Gasteiger partial charge in [-0.2, -0.15) is 0 Å². The first-order valence-corrected chi connectivity index (χ1v) is 8.53. The van der Waals surface area contributed by atoms with Crippen LogP contribution in [0.2, 0.25) is 0 Å². The SMILES string of the molecule is C=CCNC(=O)C1CCCN(c2ncnc3c2oc2ccccc23)C1. The Balaban J connectivity index is 1.67. The Kier molecular flexibility index (Phi) is 4.09. The summed E-state index contributed by atoms with van der Waals surface area (Å²) in [7, 11) is 0. The third kappa shape index (κ3) is 2.84. The zero-order chi connectivity index (χ0) is 17.2. The van der Waals surface area contributed by atoms with Crippen LogP contribution in [0.1, 0.15) is 12.8 Å². The monoisotopic (exact) mass is 336 g/mol. The molecular weight excluding hydrogens is 316 g/mol. The van der Waals surface area contributed by atoms with E-state index in [9.17, 15) is 4.79 Å². The molecule has 1 saturated heterocycles.